The third-order valence-electron chi connectivity index (χ3n) is 5.91. The van der Waals surface area contributed by atoms with Gasteiger partial charge in [0.05, 0.1) is 6.54 Å². The minimum Gasteiger partial charge on any atom is -0.338 e. The zero-order chi connectivity index (χ0) is 23.8. The molecule has 5 rings (SSSR count). The van der Waals surface area contributed by atoms with Gasteiger partial charge in [0.2, 0.25) is 0 Å². The molecule has 0 spiro atoms. The zero-order valence-corrected chi connectivity index (χ0v) is 17.8. The van der Waals surface area contributed by atoms with E-state index in [2.05, 4.69) is 20.3 Å². The van der Waals surface area contributed by atoms with E-state index in [0.29, 0.717) is 25.2 Å². The lowest BCUT2D eigenvalue weighted by Crippen LogP contribution is -2.40. The predicted octanol–water partition coefficient (Wildman–Crippen LogP) is 3.00. The fourth-order valence-electron chi connectivity index (χ4n) is 4.19. The average Bonchev–Trinajstić information content (AvgIpc) is 3.23. The maximum absolute atomic E-state index is 14.1. The number of hydrogen-bond donors (Lipinski definition) is 1. The highest BCUT2D eigenvalue weighted by atomic mass is 19.1. The maximum atomic E-state index is 14.1. The van der Waals surface area contributed by atoms with Crippen molar-refractivity contribution in [2.45, 2.75) is 25.3 Å². The summed E-state index contributed by atoms with van der Waals surface area (Å²) < 4.78 is 42.9. The third-order valence-corrected chi connectivity index (χ3v) is 5.91. The Hall–Kier alpha value is -4.02. The number of aromatic nitrogens is 5. The molecule has 0 unspecified atom stereocenters. The number of nitrogens with one attached hydrogen (secondary N) is 1. The van der Waals surface area contributed by atoms with Gasteiger partial charge in [0, 0.05) is 19.0 Å². The van der Waals surface area contributed by atoms with Gasteiger partial charge in [0.25, 0.3) is 11.5 Å². The lowest BCUT2D eigenvalue weighted by Gasteiger charge is -2.32. The molecule has 1 N–H and O–H groups in total. The van der Waals surface area contributed by atoms with Crippen molar-refractivity contribution in [2.75, 3.05) is 13.1 Å². The van der Waals surface area contributed by atoms with Crippen molar-refractivity contribution >= 4 is 17.1 Å². The Bertz CT molecular complexity index is 1410. The van der Waals surface area contributed by atoms with Crippen LogP contribution in [0.3, 0.4) is 0 Å². The van der Waals surface area contributed by atoms with Crippen molar-refractivity contribution in [1.82, 2.24) is 29.9 Å². The Labute approximate surface area is 191 Å². The van der Waals surface area contributed by atoms with E-state index in [0.717, 1.165) is 17.7 Å². The van der Waals surface area contributed by atoms with Crippen LogP contribution in [0.5, 0.6) is 0 Å². The van der Waals surface area contributed by atoms with Crippen LogP contribution in [0, 0.1) is 17.5 Å². The molecule has 11 heteroatoms. The number of rotatable bonds is 4. The summed E-state index contributed by atoms with van der Waals surface area (Å²) in [5, 5.41) is 7.91. The van der Waals surface area contributed by atoms with Crippen molar-refractivity contribution < 1.29 is 18.0 Å². The Balaban J connectivity index is 1.44. The fraction of sp³-hybridized carbons (Fsp3) is 0.261. The highest BCUT2D eigenvalue weighted by Crippen LogP contribution is 2.27. The number of aromatic amines is 1. The lowest BCUT2D eigenvalue weighted by atomic mass is 9.96. The molecule has 0 aliphatic carbocycles. The van der Waals surface area contributed by atoms with Crippen molar-refractivity contribution in [1.29, 1.82) is 0 Å². The summed E-state index contributed by atoms with van der Waals surface area (Å²) in [6, 6.07) is 9.14. The monoisotopic (exact) mass is 468 g/mol. The maximum Gasteiger partial charge on any atom is 0.281 e. The number of halogens is 3. The van der Waals surface area contributed by atoms with Gasteiger partial charge < -0.3 is 9.88 Å². The molecular weight excluding hydrogens is 449 g/mol. The Morgan fingerprint density at radius 3 is 2.56 bits per heavy atom. The molecule has 1 atom stereocenters. The molecule has 1 fully saturated rings. The molecule has 8 nitrogen and oxygen atoms in total. The van der Waals surface area contributed by atoms with Crippen molar-refractivity contribution in [3.8, 4) is 0 Å². The summed E-state index contributed by atoms with van der Waals surface area (Å²) in [6.07, 6.45) is 1.19. The van der Waals surface area contributed by atoms with Crippen LogP contribution in [-0.2, 0) is 6.54 Å². The van der Waals surface area contributed by atoms with Crippen LogP contribution in [0.15, 0.2) is 47.3 Å². The number of likely N-dealkylation sites (tertiary alicyclic amines) is 1. The number of fused-ring (bicyclic) bond motifs is 1. The molecule has 3 heterocycles. The highest BCUT2D eigenvalue weighted by molar-refractivity contribution is 5.94. The van der Waals surface area contributed by atoms with Crippen LogP contribution in [0.4, 0.5) is 13.2 Å². The second-order valence-corrected chi connectivity index (χ2v) is 8.18. The average molecular weight is 468 g/mol. The van der Waals surface area contributed by atoms with E-state index in [9.17, 15) is 22.8 Å². The van der Waals surface area contributed by atoms with Gasteiger partial charge in [-0.3, -0.25) is 9.59 Å². The first-order chi connectivity index (χ1) is 16.4. The molecule has 0 bridgehead atoms. The number of hydrogen-bond acceptors (Lipinski definition) is 5. The molecule has 1 aliphatic heterocycles. The van der Waals surface area contributed by atoms with Gasteiger partial charge >= 0.3 is 0 Å². The van der Waals surface area contributed by atoms with Crippen LogP contribution in [0.25, 0.3) is 11.2 Å². The summed E-state index contributed by atoms with van der Waals surface area (Å²) in [5.74, 6) is -2.96. The molecule has 1 amide bonds. The molecule has 2 aromatic heterocycles. The molecular formula is C23H19F3N6O2. The first kappa shape index (κ1) is 21.8. The standard InChI is InChI=1S/C23H19F3N6O2/c24-15-8-6-13(7-9-15)11-32-21-19(29-30-32)22(33)28-20(27-21)14-3-2-10-31(12-14)23(34)18-16(25)4-1-5-17(18)26/h1,4-9,14H,2-3,10-12H2,(H,27,28,33)/t14-/m1/s1. The summed E-state index contributed by atoms with van der Waals surface area (Å²) in [6.45, 7) is 0.703. The number of amides is 1. The molecule has 174 valence electrons. The minimum atomic E-state index is -0.921. The van der Waals surface area contributed by atoms with E-state index >= 15 is 0 Å². The van der Waals surface area contributed by atoms with E-state index in [1.807, 2.05) is 0 Å². The number of nitrogens with zero attached hydrogens (tertiary/aromatic N) is 5. The van der Waals surface area contributed by atoms with E-state index in [4.69, 9.17) is 0 Å². The van der Waals surface area contributed by atoms with Crippen LogP contribution in [0.2, 0.25) is 0 Å². The van der Waals surface area contributed by atoms with Crippen LogP contribution in [0.1, 0.15) is 40.5 Å². The summed E-state index contributed by atoms with van der Waals surface area (Å²) in [5.41, 5.74) is -0.0107. The van der Waals surface area contributed by atoms with Crippen molar-refractivity contribution in [3.05, 3.63) is 87.2 Å². The largest absolute Gasteiger partial charge is 0.338 e. The highest BCUT2D eigenvalue weighted by Gasteiger charge is 2.30. The third kappa shape index (κ3) is 4.04. The lowest BCUT2D eigenvalue weighted by molar-refractivity contribution is 0.0694. The second kappa shape index (κ2) is 8.73. The van der Waals surface area contributed by atoms with Crippen LogP contribution >= 0.6 is 0 Å². The van der Waals surface area contributed by atoms with E-state index in [1.54, 1.807) is 12.1 Å². The Morgan fingerprint density at radius 2 is 1.82 bits per heavy atom. The molecule has 2 aromatic carbocycles. The first-order valence-electron chi connectivity index (χ1n) is 10.7. The van der Waals surface area contributed by atoms with Gasteiger partial charge in [0.15, 0.2) is 11.2 Å². The smallest absolute Gasteiger partial charge is 0.281 e. The summed E-state index contributed by atoms with van der Waals surface area (Å²) in [7, 11) is 0. The van der Waals surface area contributed by atoms with Gasteiger partial charge in [-0.1, -0.05) is 23.4 Å². The summed E-state index contributed by atoms with van der Waals surface area (Å²) in [4.78, 5) is 34.1. The van der Waals surface area contributed by atoms with E-state index in [-0.39, 0.29) is 36.0 Å². The molecule has 0 saturated carbocycles. The molecule has 4 aromatic rings. The topological polar surface area (TPSA) is 96.8 Å². The number of H-pyrrole nitrogens is 1. The predicted molar refractivity (Wildman–Crippen MR) is 116 cm³/mol. The second-order valence-electron chi connectivity index (χ2n) is 8.18. The Morgan fingerprint density at radius 1 is 1.09 bits per heavy atom. The molecule has 1 saturated heterocycles. The van der Waals surface area contributed by atoms with Gasteiger partial charge in [-0.15, -0.1) is 5.10 Å². The number of benzene rings is 2. The number of piperidine rings is 1. The van der Waals surface area contributed by atoms with Crippen molar-refractivity contribution in [3.63, 3.8) is 0 Å². The number of carbonyl (C=O) groups is 1. The summed E-state index contributed by atoms with van der Waals surface area (Å²) >= 11 is 0. The van der Waals surface area contributed by atoms with Crippen molar-refractivity contribution in [2.24, 2.45) is 0 Å². The Kier molecular flexibility index (Phi) is 5.60. The molecule has 0 radical (unpaired) electrons. The van der Waals surface area contributed by atoms with Crippen LogP contribution in [-0.4, -0.2) is 48.9 Å². The quantitative estimate of drug-likeness (QED) is 0.497. The molecule has 1 aliphatic rings. The first-order valence-corrected chi connectivity index (χ1v) is 10.7. The SMILES string of the molecule is O=C(c1c(F)cccc1F)N1CCC[C@@H](c2nc3c(nnn3Cc3ccc(F)cc3)c(=O)[nH]2)C1. The minimum absolute atomic E-state index is 0.0584. The van der Waals surface area contributed by atoms with Gasteiger partial charge in [-0.05, 0) is 42.7 Å². The van der Waals surface area contributed by atoms with Crippen LogP contribution < -0.4 is 5.56 Å². The van der Waals surface area contributed by atoms with Gasteiger partial charge in [-0.25, -0.2) is 22.8 Å². The zero-order valence-electron chi connectivity index (χ0n) is 17.8. The molecule has 34 heavy (non-hydrogen) atoms. The number of carbonyl (C=O) groups excluding carboxylic acids is 1. The van der Waals surface area contributed by atoms with Gasteiger partial charge in [-0.2, -0.15) is 0 Å². The fourth-order valence-corrected chi connectivity index (χ4v) is 4.19. The normalized spacial score (nSPS) is 16.2. The van der Waals surface area contributed by atoms with E-state index in [1.165, 1.54) is 27.8 Å². The van der Waals surface area contributed by atoms with Gasteiger partial charge in [0.1, 0.15) is 28.8 Å². The van der Waals surface area contributed by atoms with E-state index < -0.39 is 28.7 Å².